The third-order valence-electron chi connectivity index (χ3n) is 7.35. The topological polar surface area (TPSA) is 123 Å². The first kappa shape index (κ1) is 32.8. The highest BCUT2D eigenvalue weighted by Crippen LogP contribution is 2.36. The number of carbonyl (C=O) groups excluding carboxylic acids is 4. The molecular weight excluding hydrogens is 618 g/mol. The van der Waals surface area contributed by atoms with Gasteiger partial charge in [0.25, 0.3) is 23.6 Å². The molecule has 0 saturated heterocycles. The maximum atomic E-state index is 13.6. The molecule has 4 aromatic carbocycles. The first-order valence-corrected chi connectivity index (χ1v) is 15.7. The number of nitrogens with zero attached hydrogens (tertiary/aromatic N) is 1. The minimum absolute atomic E-state index is 0.0176. The van der Waals surface area contributed by atoms with E-state index in [4.69, 9.17) is 14.2 Å². The second-order valence-electron chi connectivity index (χ2n) is 10.3. The molecule has 47 heavy (non-hydrogen) atoms. The van der Waals surface area contributed by atoms with Gasteiger partial charge in [0.2, 0.25) is 0 Å². The number of rotatable bonds is 13. The third-order valence-corrected chi connectivity index (χ3v) is 8.45. The third kappa shape index (κ3) is 7.64. The van der Waals surface area contributed by atoms with Crippen molar-refractivity contribution < 1.29 is 33.4 Å². The second-order valence-corrected chi connectivity index (χ2v) is 11.5. The lowest BCUT2D eigenvalue weighted by Crippen LogP contribution is -2.31. The smallest absolute Gasteiger partial charge is 0.272 e. The van der Waals surface area contributed by atoms with Crippen LogP contribution in [0.4, 0.5) is 5.69 Å². The van der Waals surface area contributed by atoms with Crippen LogP contribution in [0.5, 0.6) is 17.2 Å². The summed E-state index contributed by atoms with van der Waals surface area (Å²) in [7, 11) is 4.50. The van der Waals surface area contributed by atoms with Crippen LogP contribution in [-0.2, 0) is 4.79 Å². The molecule has 0 radical (unpaired) electrons. The summed E-state index contributed by atoms with van der Waals surface area (Å²) >= 11 is 1.58. The molecule has 4 amide bonds. The number of hydrogen-bond donors (Lipinski definition) is 2. The number of anilines is 1. The Kier molecular flexibility index (Phi) is 10.6. The summed E-state index contributed by atoms with van der Waals surface area (Å²) in [4.78, 5) is 54.1. The molecule has 1 aliphatic heterocycles. The monoisotopic (exact) mass is 651 g/mol. The Morgan fingerprint density at radius 2 is 1.36 bits per heavy atom. The molecule has 0 aromatic heterocycles. The van der Waals surface area contributed by atoms with Gasteiger partial charge >= 0.3 is 0 Å². The van der Waals surface area contributed by atoms with Gasteiger partial charge in [-0.15, -0.1) is 11.8 Å². The molecule has 0 fully saturated rings. The molecule has 0 bridgehead atoms. The molecule has 5 rings (SSSR count). The molecule has 240 valence electrons. The Morgan fingerprint density at radius 1 is 0.766 bits per heavy atom. The van der Waals surface area contributed by atoms with Crippen LogP contribution in [0.2, 0.25) is 0 Å². The Hall–Kier alpha value is -5.55. The lowest BCUT2D eigenvalue weighted by Gasteiger charge is -2.15. The molecule has 1 heterocycles. The van der Waals surface area contributed by atoms with E-state index in [2.05, 4.69) is 10.6 Å². The predicted octanol–water partition coefficient (Wildman–Crippen LogP) is 5.90. The van der Waals surface area contributed by atoms with Gasteiger partial charge in [-0.25, -0.2) is 0 Å². The maximum Gasteiger partial charge on any atom is 0.272 e. The quantitative estimate of drug-likeness (QED) is 0.0793. The fraction of sp³-hybridized carbons (Fsp3) is 0.167. The highest BCUT2D eigenvalue weighted by atomic mass is 32.2. The summed E-state index contributed by atoms with van der Waals surface area (Å²) in [5.41, 5.74) is 2.26. The van der Waals surface area contributed by atoms with Crippen LogP contribution in [0.25, 0.3) is 6.08 Å². The Bertz CT molecular complexity index is 1790. The number of ether oxygens (including phenoxy) is 3. The van der Waals surface area contributed by atoms with Crippen molar-refractivity contribution in [2.24, 2.45) is 0 Å². The van der Waals surface area contributed by atoms with E-state index < -0.39 is 11.8 Å². The molecule has 0 aliphatic carbocycles. The minimum atomic E-state index is -0.549. The molecule has 2 N–H and O–H groups in total. The number of benzene rings is 4. The van der Waals surface area contributed by atoms with Gasteiger partial charge in [0.1, 0.15) is 11.4 Å². The van der Waals surface area contributed by atoms with Crippen LogP contribution in [0.3, 0.4) is 0 Å². The van der Waals surface area contributed by atoms with Gasteiger partial charge in [0.15, 0.2) is 11.5 Å². The molecule has 0 saturated carbocycles. The minimum Gasteiger partial charge on any atom is -0.496 e. The van der Waals surface area contributed by atoms with Gasteiger partial charge in [-0.1, -0.05) is 30.3 Å². The van der Waals surface area contributed by atoms with E-state index in [0.717, 1.165) is 4.90 Å². The zero-order valence-electron chi connectivity index (χ0n) is 26.1. The summed E-state index contributed by atoms with van der Waals surface area (Å²) in [5, 5.41) is 5.57. The fourth-order valence-electron chi connectivity index (χ4n) is 4.95. The first-order valence-electron chi connectivity index (χ1n) is 14.7. The van der Waals surface area contributed by atoms with Crippen molar-refractivity contribution in [3.05, 3.63) is 119 Å². The average Bonchev–Trinajstić information content (AvgIpc) is 3.35. The highest BCUT2D eigenvalue weighted by Gasteiger charge is 2.34. The number of methoxy groups -OCH3 is 3. The number of nitrogens with one attached hydrogen (secondary N) is 2. The zero-order valence-corrected chi connectivity index (χ0v) is 26.9. The number of fused-ring (bicyclic) bond motifs is 1. The fourth-order valence-corrected chi connectivity index (χ4v) is 5.79. The Balaban J connectivity index is 1.25. The summed E-state index contributed by atoms with van der Waals surface area (Å²) in [5.74, 6) is 0.443. The second kappa shape index (κ2) is 15.2. The van der Waals surface area contributed by atoms with Crippen LogP contribution in [-0.4, -0.2) is 62.2 Å². The molecule has 0 spiro atoms. The summed E-state index contributed by atoms with van der Waals surface area (Å²) in [6.45, 7) is 0.335. The van der Waals surface area contributed by atoms with E-state index in [0.29, 0.717) is 63.9 Å². The van der Waals surface area contributed by atoms with Gasteiger partial charge < -0.3 is 24.8 Å². The first-order chi connectivity index (χ1) is 22.8. The standard InChI is InChI=1S/C36H33N3O7S/c1-44-30-22-32(46-3)31(45-2)21-24(30)20-29(38-33(40)23-10-5-4-6-11-23)34(41)37-25-14-16-26(17-15-25)47-19-9-18-39-35(42)27-12-7-8-13-28(27)36(39)43/h4-8,10-17,20-22H,9,18-19H2,1-3H3,(H,37,41)(H,38,40)/b29-20-. The van der Waals surface area contributed by atoms with E-state index in [1.54, 1.807) is 90.6 Å². The zero-order chi connectivity index (χ0) is 33.3. The maximum absolute atomic E-state index is 13.6. The number of carbonyl (C=O) groups is 4. The molecular formula is C36H33N3O7S. The molecule has 10 nitrogen and oxygen atoms in total. The molecule has 0 atom stereocenters. The largest absolute Gasteiger partial charge is 0.496 e. The normalized spacial score (nSPS) is 12.4. The van der Waals surface area contributed by atoms with Crippen LogP contribution in [0, 0.1) is 0 Å². The number of hydrogen-bond acceptors (Lipinski definition) is 8. The average molecular weight is 652 g/mol. The van der Waals surface area contributed by atoms with Crippen molar-refractivity contribution in [1.29, 1.82) is 0 Å². The SMILES string of the molecule is COc1cc(OC)c(OC)cc1/C=C(\NC(=O)c1ccccc1)C(=O)Nc1ccc(SCCCN2C(=O)c3ccccc3C2=O)cc1. The molecule has 4 aromatic rings. The predicted molar refractivity (Wildman–Crippen MR) is 180 cm³/mol. The van der Waals surface area contributed by atoms with Gasteiger partial charge in [-0.05, 0) is 72.8 Å². The van der Waals surface area contributed by atoms with E-state index in [-0.39, 0.29) is 17.5 Å². The van der Waals surface area contributed by atoms with Crippen molar-refractivity contribution in [3.63, 3.8) is 0 Å². The van der Waals surface area contributed by atoms with E-state index in [1.165, 1.54) is 32.3 Å². The van der Waals surface area contributed by atoms with Crippen molar-refractivity contribution in [1.82, 2.24) is 10.2 Å². The van der Waals surface area contributed by atoms with Crippen LogP contribution >= 0.6 is 11.8 Å². The molecule has 11 heteroatoms. The number of amides is 4. The van der Waals surface area contributed by atoms with Crippen molar-refractivity contribution in [2.75, 3.05) is 38.9 Å². The summed E-state index contributed by atoms with van der Waals surface area (Å²) in [6, 6.07) is 26.0. The van der Waals surface area contributed by atoms with Crippen molar-refractivity contribution in [2.45, 2.75) is 11.3 Å². The summed E-state index contributed by atoms with van der Waals surface area (Å²) in [6.07, 6.45) is 2.14. The van der Waals surface area contributed by atoms with Crippen LogP contribution < -0.4 is 24.8 Å². The van der Waals surface area contributed by atoms with E-state index in [9.17, 15) is 19.2 Å². The van der Waals surface area contributed by atoms with Crippen LogP contribution in [0.15, 0.2) is 102 Å². The van der Waals surface area contributed by atoms with Crippen molar-refractivity contribution in [3.8, 4) is 17.2 Å². The Morgan fingerprint density at radius 3 is 1.98 bits per heavy atom. The number of thioether (sulfide) groups is 1. The van der Waals surface area contributed by atoms with Gasteiger partial charge in [0.05, 0.1) is 32.5 Å². The lowest BCUT2D eigenvalue weighted by molar-refractivity contribution is -0.113. The van der Waals surface area contributed by atoms with Gasteiger partial charge in [0, 0.05) is 34.3 Å². The van der Waals surface area contributed by atoms with Crippen LogP contribution in [0.1, 0.15) is 43.1 Å². The highest BCUT2D eigenvalue weighted by molar-refractivity contribution is 7.99. The lowest BCUT2D eigenvalue weighted by atomic mass is 10.1. The summed E-state index contributed by atoms with van der Waals surface area (Å²) < 4.78 is 16.3. The number of imide groups is 1. The van der Waals surface area contributed by atoms with Gasteiger partial charge in [-0.3, -0.25) is 24.1 Å². The van der Waals surface area contributed by atoms with Crippen molar-refractivity contribution >= 4 is 47.2 Å². The Labute approximate surface area is 276 Å². The molecule has 1 aliphatic rings. The molecule has 0 unspecified atom stereocenters. The van der Waals surface area contributed by atoms with E-state index >= 15 is 0 Å². The van der Waals surface area contributed by atoms with E-state index in [1.807, 2.05) is 12.1 Å². The van der Waals surface area contributed by atoms with Gasteiger partial charge in [-0.2, -0.15) is 0 Å².